The highest BCUT2D eigenvalue weighted by Crippen LogP contribution is 2.23. The normalized spacial score (nSPS) is 11.0. The van der Waals surface area contributed by atoms with Crippen molar-refractivity contribution in [3.63, 3.8) is 0 Å². The summed E-state index contributed by atoms with van der Waals surface area (Å²) in [6.07, 6.45) is 0. The van der Waals surface area contributed by atoms with Crippen molar-refractivity contribution in [3.05, 3.63) is 51.9 Å². The zero-order valence-electron chi connectivity index (χ0n) is 12.0. The van der Waals surface area contributed by atoms with E-state index in [1.165, 1.54) is 6.07 Å². The van der Waals surface area contributed by atoms with E-state index in [0.29, 0.717) is 28.9 Å². The van der Waals surface area contributed by atoms with Gasteiger partial charge in [-0.05, 0) is 24.6 Å². The summed E-state index contributed by atoms with van der Waals surface area (Å²) in [7, 11) is 0. The lowest BCUT2D eigenvalue weighted by Crippen LogP contribution is -2.08. The topological polar surface area (TPSA) is 37.8 Å². The molecule has 0 fully saturated rings. The number of halogens is 3. The maximum absolute atomic E-state index is 13.2. The average molecular weight is 312 g/mol. The Morgan fingerprint density at radius 3 is 2.52 bits per heavy atom. The van der Waals surface area contributed by atoms with E-state index in [1.54, 1.807) is 6.92 Å². The third-order valence-corrected chi connectivity index (χ3v) is 3.43. The molecule has 1 heterocycles. The minimum Gasteiger partial charge on any atom is -0.366 e. The molecule has 0 saturated heterocycles. The van der Waals surface area contributed by atoms with Gasteiger partial charge in [-0.3, -0.25) is 0 Å². The molecule has 3 nitrogen and oxygen atoms in total. The van der Waals surface area contributed by atoms with Crippen LogP contribution >= 0.6 is 11.6 Å². The van der Waals surface area contributed by atoms with Gasteiger partial charge in [0.15, 0.2) is 11.6 Å². The third-order valence-electron chi connectivity index (χ3n) is 3.06. The summed E-state index contributed by atoms with van der Waals surface area (Å²) in [6, 6.07) is 3.78. The Morgan fingerprint density at radius 1 is 1.19 bits per heavy atom. The fourth-order valence-electron chi connectivity index (χ4n) is 1.77. The standard InChI is InChI=1S/C15H16ClF2N3/c1-8(2)14-20-13(16)9(3)15(21-14)19-7-10-4-5-11(17)12(18)6-10/h4-6,8H,7H2,1-3H3,(H,19,20,21). The van der Waals surface area contributed by atoms with E-state index in [9.17, 15) is 8.78 Å². The van der Waals surface area contributed by atoms with Crippen molar-refractivity contribution >= 4 is 17.4 Å². The van der Waals surface area contributed by atoms with Crippen LogP contribution in [0.4, 0.5) is 14.6 Å². The van der Waals surface area contributed by atoms with Gasteiger partial charge in [-0.25, -0.2) is 18.7 Å². The largest absolute Gasteiger partial charge is 0.366 e. The van der Waals surface area contributed by atoms with Gasteiger partial charge >= 0.3 is 0 Å². The van der Waals surface area contributed by atoms with E-state index in [-0.39, 0.29) is 5.92 Å². The van der Waals surface area contributed by atoms with Crippen molar-refractivity contribution in [1.82, 2.24) is 9.97 Å². The Bertz CT molecular complexity index is 660. The van der Waals surface area contributed by atoms with Gasteiger partial charge < -0.3 is 5.32 Å². The summed E-state index contributed by atoms with van der Waals surface area (Å²) in [5, 5.41) is 3.48. The fraction of sp³-hybridized carbons (Fsp3) is 0.333. The number of nitrogens with zero attached hydrogens (tertiary/aromatic N) is 2. The highest BCUT2D eigenvalue weighted by molar-refractivity contribution is 6.30. The molecule has 21 heavy (non-hydrogen) atoms. The summed E-state index contributed by atoms with van der Waals surface area (Å²) in [4.78, 5) is 8.63. The predicted molar refractivity (Wildman–Crippen MR) is 79.6 cm³/mol. The van der Waals surface area contributed by atoms with Crippen LogP contribution in [0.5, 0.6) is 0 Å². The summed E-state index contributed by atoms with van der Waals surface area (Å²) in [5.41, 5.74) is 1.35. The molecule has 1 aromatic carbocycles. The zero-order valence-corrected chi connectivity index (χ0v) is 12.8. The smallest absolute Gasteiger partial charge is 0.159 e. The third kappa shape index (κ3) is 3.67. The monoisotopic (exact) mass is 311 g/mol. The van der Waals surface area contributed by atoms with E-state index in [1.807, 2.05) is 13.8 Å². The Kier molecular flexibility index (Phi) is 4.73. The van der Waals surface area contributed by atoms with Gasteiger partial charge in [0, 0.05) is 18.0 Å². The van der Waals surface area contributed by atoms with Crippen molar-refractivity contribution in [3.8, 4) is 0 Å². The molecule has 0 radical (unpaired) electrons. The number of hydrogen-bond donors (Lipinski definition) is 1. The van der Waals surface area contributed by atoms with Crippen molar-refractivity contribution in [1.29, 1.82) is 0 Å². The van der Waals surface area contributed by atoms with Crippen LogP contribution < -0.4 is 5.32 Å². The van der Waals surface area contributed by atoms with Gasteiger partial charge in [-0.2, -0.15) is 0 Å². The average Bonchev–Trinajstić information content (AvgIpc) is 2.43. The van der Waals surface area contributed by atoms with E-state index in [0.717, 1.165) is 17.7 Å². The van der Waals surface area contributed by atoms with Gasteiger partial charge in [-0.15, -0.1) is 0 Å². The maximum atomic E-state index is 13.2. The first-order valence-corrected chi connectivity index (χ1v) is 6.98. The van der Waals surface area contributed by atoms with E-state index in [4.69, 9.17) is 11.6 Å². The van der Waals surface area contributed by atoms with E-state index in [2.05, 4.69) is 15.3 Å². The van der Waals surface area contributed by atoms with Crippen molar-refractivity contribution in [2.45, 2.75) is 33.2 Å². The van der Waals surface area contributed by atoms with Crippen LogP contribution in [0, 0.1) is 18.6 Å². The first-order chi connectivity index (χ1) is 9.88. The molecule has 2 aromatic rings. The lowest BCUT2D eigenvalue weighted by Gasteiger charge is -2.13. The number of rotatable bonds is 4. The molecule has 0 aliphatic rings. The molecule has 6 heteroatoms. The SMILES string of the molecule is Cc1c(Cl)nc(C(C)C)nc1NCc1ccc(F)c(F)c1. The minimum atomic E-state index is -0.866. The molecule has 2 rings (SSSR count). The summed E-state index contributed by atoms with van der Waals surface area (Å²) >= 11 is 6.09. The lowest BCUT2D eigenvalue weighted by atomic mass is 10.2. The summed E-state index contributed by atoms with van der Waals surface area (Å²) in [5.74, 6) is -0.342. The Balaban J connectivity index is 2.21. The molecule has 0 unspecified atom stereocenters. The van der Waals surface area contributed by atoms with Crippen molar-refractivity contribution in [2.24, 2.45) is 0 Å². The Hall–Kier alpha value is -1.75. The summed E-state index contributed by atoms with van der Waals surface area (Å²) < 4.78 is 26.1. The van der Waals surface area contributed by atoms with Crippen LogP contribution in [-0.2, 0) is 6.54 Å². The first-order valence-electron chi connectivity index (χ1n) is 6.60. The molecule has 0 atom stereocenters. The van der Waals surface area contributed by atoms with E-state index < -0.39 is 11.6 Å². The van der Waals surface area contributed by atoms with Gasteiger partial charge in [0.05, 0.1) is 0 Å². The number of anilines is 1. The summed E-state index contributed by atoms with van der Waals surface area (Å²) in [6.45, 7) is 6.07. The number of nitrogens with one attached hydrogen (secondary N) is 1. The molecule has 0 saturated carbocycles. The molecule has 1 aromatic heterocycles. The molecule has 112 valence electrons. The van der Waals surface area contributed by atoms with Gasteiger partial charge in [0.25, 0.3) is 0 Å². The Morgan fingerprint density at radius 2 is 1.90 bits per heavy atom. The van der Waals surface area contributed by atoms with Crippen molar-refractivity contribution < 1.29 is 8.78 Å². The molecule has 0 aliphatic heterocycles. The molecule has 0 bridgehead atoms. The molecule has 1 N–H and O–H groups in total. The van der Waals surface area contributed by atoms with E-state index >= 15 is 0 Å². The first kappa shape index (κ1) is 15.6. The fourth-order valence-corrected chi connectivity index (χ4v) is 1.95. The highest BCUT2D eigenvalue weighted by Gasteiger charge is 2.12. The Labute approximate surface area is 127 Å². The predicted octanol–water partition coefficient (Wildman–Crippen LogP) is 4.45. The molecule has 0 aliphatic carbocycles. The number of benzene rings is 1. The quantitative estimate of drug-likeness (QED) is 0.848. The van der Waals surface area contributed by atoms with Crippen LogP contribution in [-0.4, -0.2) is 9.97 Å². The van der Waals surface area contributed by atoms with Crippen LogP contribution in [0.1, 0.15) is 36.7 Å². The van der Waals surface area contributed by atoms with Crippen LogP contribution in [0.2, 0.25) is 5.15 Å². The van der Waals surface area contributed by atoms with Crippen molar-refractivity contribution in [2.75, 3.05) is 5.32 Å². The van der Waals surface area contributed by atoms with Gasteiger partial charge in [0.1, 0.15) is 16.8 Å². The van der Waals surface area contributed by atoms with Crippen LogP contribution in [0.3, 0.4) is 0 Å². The second-order valence-electron chi connectivity index (χ2n) is 5.10. The zero-order chi connectivity index (χ0) is 15.6. The second-order valence-corrected chi connectivity index (χ2v) is 5.46. The maximum Gasteiger partial charge on any atom is 0.159 e. The molecule has 0 spiro atoms. The highest BCUT2D eigenvalue weighted by atomic mass is 35.5. The van der Waals surface area contributed by atoms with Gasteiger partial charge in [-0.1, -0.05) is 31.5 Å². The molecular formula is C15H16ClF2N3. The molecule has 0 amide bonds. The molecular weight excluding hydrogens is 296 g/mol. The minimum absolute atomic E-state index is 0.145. The number of hydrogen-bond acceptors (Lipinski definition) is 3. The van der Waals surface area contributed by atoms with Gasteiger partial charge in [0.2, 0.25) is 0 Å². The van der Waals surface area contributed by atoms with Crippen LogP contribution in [0.25, 0.3) is 0 Å². The second kappa shape index (κ2) is 6.35. The lowest BCUT2D eigenvalue weighted by molar-refractivity contribution is 0.507. The van der Waals surface area contributed by atoms with Crippen LogP contribution in [0.15, 0.2) is 18.2 Å². The number of aromatic nitrogens is 2.